The molecule has 0 spiro atoms. The number of nitriles is 1. The summed E-state index contributed by atoms with van der Waals surface area (Å²) >= 11 is 0. The number of benzene rings is 2. The highest BCUT2D eigenvalue weighted by Gasteiger charge is 2.30. The molecule has 3 aromatic rings. The second kappa shape index (κ2) is 7.12. The quantitative estimate of drug-likeness (QED) is 0.669. The van der Waals surface area contributed by atoms with Crippen molar-refractivity contribution >= 4 is 5.82 Å². The lowest BCUT2D eigenvalue weighted by atomic mass is 9.90. The van der Waals surface area contributed by atoms with Crippen LogP contribution < -0.4 is 5.73 Å². The van der Waals surface area contributed by atoms with Gasteiger partial charge in [-0.15, -0.1) is 0 Å². The van der Waals surface area contributed by atoms with E-state index in [1.807, 2.05) is 37.3 Å². The van der Waals surface area contributed by atoms with Gasteiger partial charge in [0, 0.05) is 11.1 Å². The van der Waals surface area contributed by atoms with Crippen molar-refractivity contribution in [2.75, 3.05) is 5.73 Å². The van der Waals surface area contributed by atoms with Crippen molar-refractivity contribution in [1.29, 1.82) is 5.26 Å². The van der Waals surface area contributed by atoms with Gasteiger partial charge < -0.3 is 5.73 Å². The molecule has 27 heavy (non-hydrogen) atoms. The number of rotatable bonds is 3. The van der Waals surface area contributed by atoms with Crippen molar-refractivity contribution in [3.63, 3.8) is 0 Å². The maximum atomic E-state index is 12.9. The fourth-order valence-electron chi connectivity index (χ4n) is 3.08. The molecule has 0 unspecified atom stereocenters. The number of nitrogen functional groups attached to an aromatic ring is 1. The molecule has 3 nitrogen and oxygen atoms in total. The van der Waals surface area contributed by atoms with E-state index in [0.717, 1.165) is 23.3 Å². The topological polar surface area (TPSA) is 62.7 Å². The first-order chi connectivity index (χ1) is 12.9. The number of alkyl halides is 3. The van der Waals surface area contributed by atoms with Gasteiger partial charge in [0.25, 0.3) is 0 Å². The fraction of sp³-hybridized carbons (Fsp3) is 0.143. The maximum absolute atomic E-state index is 12.9. The van der Waals surface area contributed by atoms with Crippen molar-refractivity contribution in [3.05, 3.63) is 71.3 Å². The number of anilines is 1. The largest absolute Gasteiger partial charge is 0.416 e. The summed E-state index contributed by atoms with van der Waals surface area (Å²) in [5, 5.41) is 9.58. The minimum atomic E-state index is -4.42. The zero-order valence-corrected chi connectivity index (χ0v) is 14.5. The Morgan fingerprint density at radius 1 is 1.00 bits per heavy atom. The summed E-state index contributed by atoms with van der Waals surface area (Å²) in [7, 11) is 0. The average Bonchev–Trinajstić information content (AvgIpc) is 2.67. The van der Waals surface area contributed by atoms with Gasteiger partial charge >= 0.3 is 6.18 Å². The van der Waals surface area contributed by atoms with Crippen LogP contribution in [0.2, 0.25) is 0 Å². The monoisotopic (exact) mass is 367 g/mol. The summed E-state index contributed by atoms with van der Waals surface area (Å²) in [6.45, 7) is 1.91. The van der Waals surface area contributed by atoms with E-state index in [2.05, 4.69) is 11.1 Å². The second-order valence-electron chi connectivity index (χ2n) is 5.98. The van der Waals surface area contributed by atoms with E-state index < -0.39 is 11.7 Å². The Kier molecular flexibility index (Phi) is 4.87. The molecular weight excluding hydrogens is 351 g/mol. The summed E-state index contributed by atoms with van der Waals surface area (Å²) < 4.78 is 38.6. The van der Waals surface area contributed by atoms with Crippen molar-refractivity contribution in [3.8, 4) is 28.5 Å². The fourth-order valence-corrected chi connectivity index (χ4v) is 3.08. The van der Waals surface area contributed by atoms with Crippen LogP contribution in [-0.4, -0.2) is 4.98 Å². The first kappa shape index (κ1) is 18.5. The molecule has 136 valence electrons. The van der Waals surface area contributed by atoms with Gasteiger partial charge in [-0.05, 0) is 29.7 Å². The van der Waals surface area contributed by atoms with Gasteiger partial charge in [0.1, 0.15) is 17.5 Å². The molecule has 0 aliphatic carbocycles. The lowest BCUT2D eigenvalue weighted by Crippen LogP contribution is -2.06. The number of aromatic nitrogens is 1. The Bertz CT molecular complexity index is 1000. The van der Waals surface area contributed by atoms with Crippen LogP contribution in [-0.2, 0) is 12.6 Å². The molecule has 1 heterocycles. The summed E-state index contributed by atoms with van der Waals surface area (Å²) in [5.41, 5.74) is 8.71. The molecule has 0 radical (unpaired) electrons. The third-order valence-corrected chi connectivity index (χ3v) is 4.34. The number of hydrogen-bond acceptors (Lipinski definition) is 3. The lowest BCUT2D eigenvalue weighted by molar-refractivity contribution is -0.137. The van der Waals surface area contributed by atoms with E-state index in [9.17, 15) is 18.4 Å². The molecule has 0 saturated carbocycles. The normalized spacial score (nSPS) is 11.2. The van der Waals surface area contributed by atoms with Crippen LogP contribution in [0.1, 0.15) is 23.6 Å². The SMILES string of the molecule is CCc1c(-c2ccccc2)nc(N)c(C#N)c1-c1ccc(C(F)(F)F)cc1. The molecular formula is C21H16F3N3. The molecule has 2 aromatic carbocycles. The molecule has 2 N–H and O–H groups in total. The zero-order chi connectivity index (χ0) is 19.6. The van der Waals surface area contributed by atoms with Gasteiger partial charge in [-0.25, -0.2) is 4.98 Å². The maximum Gasteiger partial charge on any atom is 0.416 e. The van der Waals surface area contributed by atoms with Crippen LogP contribution in [0.15, 0.2) is 54.6 Å². The van der Waals surface area contributed by atoms with Gasteiger partial charge in [0.2, 0.25) is 0 Å². The third-order valence-electron chi connectivity index (χ3n) is 4.34. The highest BCUT2D eigenvalue weighted by atomic mass is 19.4. The molecule has 0 saturated heterocycles. The van der Waals surface area contributed by atoms with E-state index in [0.29, 0.717) is 23.2 Å². The molecule has 3 rings (SSSR count). The summed E-state index contributed by atoms with van der Waals surface area (Å²) in [4.78, 5) is 4.40. The zero-order valence-electron chi connectivity index (χ0n) is 14.5. The van der Waals surface area contributed by atoms with Crippen LogP contribution >= 0.6 is 0 Å². The van der Waals surface area contributed by atoms with Gasteiger partial charge in [-0.1, -0.05) is 49.4 Å². The van der Waals surface area contributed by atoms with Gasteiger partial charge in [-0.2, -0.15) is 18.4 Å². The molecule has 0 bridgehead atoms. The first-order valence-electron chi connectivity index (χ1n) is 8.32. The number of nitrogens with zero attached hydrogens (tertiary/aromatic N) is 2. The molecule has 0 amide bonds. The Labute approximate surface area is 154 Å². The molecule has 1 aromatic heterocycles. The van der Waals surface area contributed by atoms with Crippen molar-refractivity contribution in [2.24, 2.45) is 0 Å². The van der Waals surface area contributed by atoms with E-state index in [-0.39, 0.29) is 11.4 Å². The number of halogens is 3. The van der Waals surface area contributed by atoms with E-state index in [1.165, 1.54) is 12.1 Å². The number of hydrogen-bond donors (Lipinski definition) is 1. The standard InChI is InChI=1S/C21H16F3N3/c1-2-16-18(13-8-10-15(11-9-13)21(22,23)24)17(12-25)20(26)27-19(16)14-6-4-3-5-7-14/h3-11H,2H2,1H3,(H2,26,27). The van der Waals surface area contributed by atoms with Gasteiger partial charge in [0.15, 0.2) is 0 Å². The summed E-state index contributed by atoms with van der Waals surface area (Å²) in [6, 6.07) is 16.2. The minimum absolute atomic E-state index is 0.0588. The highest BCUT2D eigenvalue weighted by Crippen LogP contribution is 2.38. The Morgan fingerprint density at radius 2 is 1.63 bits per heavy atom. The van der Waals surface area contributed by atoms with Crippen molar-refractivity contribution in [1.82, 2.24) is 4.98 Å². The van der Waals surface area contributed by atoms with E-state index >= 15 is 0 Å². The molecule has 6 heteroatoms. The van der Waals surface area contributed by atoms with Crippen LogP contribution in [0.3, 0.4) is 0 Å². The predicted octanol–water partition coefficient (Wildman–Crippen LogP) is 5.45. The van der Waals surface area contributed by atoms with Crippen molar-refractivity contribution < 1.29 is 13.2 Å². The third kappa shape index (κ3) is 3.49. The number of pyridine rings is 1. The molecule has 0 fully saturated rings. The van der Waals surface area contributed by atoms with E-state index in [4.69, 9.17) is 5.73 Å². The minimum Gasteiger partial charge on any atom is -0.383 e. The van der Waals surface area contributed by atoms with Gasteiger partial charge in [0.05, 0.1) is 11.3 Å². The second-order valence-corrected chi connectivity index (χ2v) is 5.98. The van der Waals surface area contributed by atoms with Crippen LogP contribution in [0.4, 0.5) is 19.0 Å². The van der Waals surface area contributed by atoms with E-state index in [1.54, 1.807) is 0 Å². The highest BCUT2D eigenvalue weighted by molar-refractivity contribution is 5.84. The number of nitrogens with two attached hydrogens (primary N) is 1. The Morgan fingerprint density at radius 3 is 2.15 bits per heavy atom. The summed E-state index contributed by atoms with van der Waals surface area (Å²) in [5.74, 6) is 0.0588. The smallest absolute Gasteiger partial charge is 0.383 e. The Balaban J connectivity index is 2.28. The van der Waals surface area contributed by atoms with Crippen molar-refractivity contribution in [2.45, 2.75) is 19.5 Å². The lowest BCUT2D eigenvalue weighted by Gasteiger charge is -2.17. The molecule has 0 aliphatic heterocycles. The molecule has 0 atom stereocenters. The van der Waals surface area contributed by atoms with Crippen LogP contribution in [0, 0.1) is 11.3 Å². The average molecular weight is 367 g/mol. The molecule has 0 aliphatic rings. The van der Waals surface area contributed by atoms with Crippen LogP contribution in [0.5, 0.6) is 0 Å². The summed E-state index contributed by atoms with van der Waals surface area (Å²) in [6.07, 6.45) is -3.88. The predicted molar refractivity (Wildman–Crippen MR) is 98.6 cm³/mol. The van der Waals surface area contributed by atoms with Gasteiger partial charge in [-0.3, -0.25) is 0 Å². The Hall–Kier alpha value is -3.33. The first-order valence-corrected chi connectivity index (χ1v) is 8.32. The van der Waals surface area contributed by atoms with Crippen LogP contribution in [0.25, 0.3) is 22.4 Å².